The number of aliphatic hydroxyl groups is 1. The van der Waals surface area contributed by atoms with Crippen LogP contribution in [0.2, 0.25) is 0 Å². The van der Waals surface area contributed by atoms with Gasteiger partial charge in [-0.2, -0.15) is 0 Å². The molecule has 0 radical (unpaired) electrons. The first-order valence-corrected chi connectivity index (χ1v) is 6.14. The smallest absolute Gasteiger partial charge is 0.326 e. The molecule has 0 bridgehead atoms. The van der Waals surface area contributed by atoms with E-state index < -0.39 is 23.9 Å². The zero-order valence-electron chi connectivity index (χ0n) is 10.5. The Morgan fingerprint density at radius 1 is 1.42 bits per heavy atom. The van der Waals surface area contributed by atoms with Gasteiger partial charge < -0.3 is 26.2 Å². The molecule has 1 rings (SSSR count). The molecule has 108 valence electrons. The van der Waals surface area contributed by atoms with Gasteiger partial charge in [-0.05, 0) is 12.8 Å². The Bertz CT molecular complexity index is 360. The van der Waals surface area contributed by atoms with Gasteiger partial charge in [-0.1, -0.05) is 0 Å². The molecule has 1 fully saturated rings. The predicted octanol–water partition coefficient (Wildman–Crippen LogP) is -1.27. The minimum absolute atomic E-state index is 0.0613. The molecule has 0 spiro atoms. The molecular weight excluding hydrogens is 254 g/mol. The van der Waals surface area contributed by atoms with E-state index in [1.165, 1.54) is 4.90 Å². The maximum Gasteiger partial charge on any atom is 0.326 e. The Balaban J connectivity index is 2.56. The van der Waals surface area contributed by atoms with Gasteiger partial charge in [-0.15, -0.1) is 0 Å². The number of piperidine rings is 1. The van der Waals surface area contributed by atoms with Crippen LogP contribution in [0.1, 0.15) is 19.3 Å². The molecule has 1 saturated heterocycles. The number of nitrogens with two attached hydrogens (primary N) is 1. The van der Waals surface area contributed by atoms with Crippen LogP contribution in [0.25, 0.3) is 0 Å². The summed E-state index contributed by atoms with van der Waals surface area (Å²) < 4.78 is 0. The predicted molar refractivity (Wildman–Crippen MR) is 65.1 cm³/mol. The average Bonchev–Trinajstić information content (AvgIpc) is 2.38. The van der Waals surface area contributed by atoms with E-state index >= 15 is 0 Å². The van der Waals surface area contributed by atoms with Crippen LogP contribution >= 0.6 is 0 Å². The van der Waals surface area contributed by atoms with Crippen LogP contribution in [-0.4, -0.2) is 58.8 Å². The van der Waals surface area contributed by atoms with Crippen molar-refractivity contribution >= 4 is 17.9 Å². The summed E-state index contributed by atoms with van der Waals surface area (Å²) in [7, 11) is 0. The zero-order chi connectivity index (χ0) is 14.4. The SMILES string of the molecule is NC(=O)C1CCCN(C(=O)N[C@H](CCO)C(=O)O)C1. The van der Waals surface area contributed by atoms with Crippen molar-refractivity contribution in [2.75, 3.05) is 19.7 Å². The van der Waals surface area contributed by atoms with Crippen LogP contribution in [0, 0.1) is 5.92 Å². The number of urea groups is 1. The summed E-state index contributed by atoms with van der Waals surface area (Å²) in [6, 6.07) is -1.68. The highest BCUT2D eigenvalue weighted by atomic mass is 16.4. The Labute approximate surface area is 110 Å². The minimum atomic E-state index is -1.20. The molecule has 1 heterocycles. The van der Waals surface area contributed by atoms with E-state index in [9.17, 15) is 14.4 Å². The van der Waals surface area contributed by atoms with Crippen LogP contribution < -0.4 is 11.1 Å². The van der Waals surface area contributed by atoms with E-state index in [0.29, 0.717) is 19.4 Å². The van der Waals surface area contributed by atoms with Gasteiger partial charge in [0.25, 0.3) is 0 Å². The van der Waals surface area contributed by atoms with Crippen molar-refractivity contribution in [2.24, 2.45) is 11.7 Å². The Hall–Kier alpha value is -1.83. The highest BCUT2D eigenvalue weighted by Gasteiger charge is 2.29. The number of aliphatic hydroxyl groups excluding tert-OH is 1. The quantitative estimate of drug-likeness (QED) is 0.495. The molecule has 0 aromatic carbocycles. The highest BCUT2D eigenvalue weighted by Crippen LogP contribution is 2.16. The summed E-state index contributed by atoms with van der Waals surface area (Å²) in [4.78, 5) is 35.2. The summed E-state index contributed by atoms with van der Waals surface area (Å²) >= 11 is 0. The van der Waals surface area contributed by atoms with Gasteiger partial charge in [0.1, 0.15) is 6.04 Å². The number of likely N-dealkylation sites (tertiary alicyclic amines) is 1. The van der Waals surface area contributed by atoms with Crippen molar-refractivity contribution in [1.82, 2.24) is 10.2 Å². The van der Waals surface area contributed by atoms with Gasteiger partial charge in [-0.25, -0.2) is 9.59 Å². The van der Waals surface area contributed by atoms with Gasteiger partial charge in [0, 0.05) is 26.1 Å². The summed E-state index contributed by atoms with van der Waals surface area (Å²) in [6.45, 7) is 0.328. The first kappa shape index (κ1) is 15.2. The lowest BCUT2D eigenvalue weighted by Crippen LogP contribution is -2.52. The Kier molecular flexibility index (Phi) is 5.56. The summed E-state index contributed by atoms with van der Waals surface area (Å²) in [6.07, 6.45) is 1.23. The van der Waals surface area contributed by atoms with Gasteiger partial charge in [0.2, 0.25) is 5.91 Å². The normalized spacial score (nSPS) is 20.7. The highest BCUT2D eigenvalue weighted by molar-refractivity contribution is 5.83. The minimum Gasteiger partial charge on any atom is -0.480 e. The maximum absolute atomic E-state index is 11.9. The number of primary amides is 1. The van der Waals surface area contributed by atoms with E-state index in [4.69, 9.17) is 15.9 Å². The van der Waals surface area contributed by atoms with Crippen LogP contribution in [0.3, 0.4) is 0 Å². The second-order valence-corrected chi connectivity index (χ2v) is 4.54. The number of amides is 3. The molecule has 0 aliphatic carbocycles. The molecule has 0 aromatic rings. The summed E-state index contributed by atoms with van der Waals surface area (Å²) in [5.74, 6) is -2.05. The van der Waals surface area contributed by atoms with Crippen molar-refractivity contribution in [2.45, 2.75) is 25.3 Å². The lowest BCUT2D eigenvalue weighted by Gasteiger charge is -2.32. The molecule has 1 aliphatic heterocycles. The van der Waals surface area contributed by atoms with E-state index in [1.807, 2.05) is 0 Å². The van der Waals surface area contributed by atoms with E-state index in [2.05, 4.69) is 5.32 Å². The number of nitrogens with zero attached hydrogens (tertiary/aromatic N) is 1. The number of nitrogens with one attached hydrogen (secondary N) is 1. The first-order valence-electron chi connectivity index (χ1n) is 6.14. The lowest BCUT2D eigenvalue weighted by molar-refractivity contribution is -0.139. The topological polar surface area (TPSA) is 133 Å². The fourth-order valence-electron chi connectivity index (χ4n) is 2.02. The van der Waals surface area contributed by atoms with Crippen LogP contribution in [0.4, 0.5) is 4.79 Å². The van der Waals surface area contributed by atoms with E-state index in [1.54, 1.807) is 0 Å². The van der Waals surface area contributed by atoms with Crippen LogP contribution in [0.5, 0.6) is 0 Å². The third-order valence-electron chi connectivity index (χ3n) is 3.12. The molecule has 2 atom stereocenters. The van der Waals surface area contributed by atoms with E-state index in [-0.39, 0.29) is 25.5 Å². The number of carboxylic acid groups (broad SMARTS) is 1. The van der Waals surface area contributed by atoms with Gasteiger partial charge in [-0.3, -0.25) is 4.79 Å². The third-order valence-corrected chi connectivity index (χ3v) is 3.12. The number of carboxylic acids is 1. The lowest BCUT2D eigenvalue weighted by atomic mass is 9.98. The van der Waals surface area contributed by atoms with Gasteiger partial charge >= 0.3 is 12.0 Å². The molecular formula is C11H19N3O5. The number of carbonyl (C=O) groups is 3. The largest absolute Gasteiger partial charge is 0.480 e. The molecule has 5 N–H and O–H groups in total. The summed E-state index contributed by atoms with van der Waals surface area (Å²) in [5.41, 5.74) is 5.20. The Morgan fingerprint density at radius 3 is 2.63 bits per heavy atom. The zero-order valence-corrected chi connectivity index (χ0v) is 10.5. The number of rotatable bonds is 5. The van der Waals surface area contributed by atoms with Crippen LogP contribution in [-0.2, 0) is 9.59 Å². The fourth-order valence-corrected chi connectivity index (χ4v) is 2.02. The molecule has 0 aromatic heterocycles. The first-order chi connectivity index (χ1) is 8.95. The number of hydrogen-bond acceptors (Lipinski definition) is 4. The molecule has 0 saturated carbocycles. The van der Waals surface area contributed by atoms with Crippen molar-refractivity contribution < 1.29 is 24.6 Å². The fraction of sp³-hybridized carbons (Fsp3) is 0.727. The molecule has 8 nitrogen and oxygen atoms in total. The van der Waals surface area contributed by atoms with Crippen molar-refractivity contribution in [1.29, 1.82) is 0 Å². The van der Waals surface area contributed by atoms with Gasteiger partial charge in [0.05, 0.1) is 5.92 Å². The van der Waals surface area contributed by atoms with Gasteiger partial charge in [0.15, 0.2) is 0 Å². The second kappa shape index (κ2) is 6.93. The summed E-state index contributed by atoms with van der Waals surface area (Å²) in [5, 5.41) is 19.9. The second-order valence-electron chi connectivity index (χ2n) is 4.54. The maximum atomic E-state index is 11.9. The standard InChI is InChI=1S/C11H19N3O5/c12-9(16)7-2-1-4-14(6-7)11(19)13-8(3-5-15)10(17)18/h7-8,15H,1-6H2,(H2,12,16)(H,13,19)(H,17,18)/t7?,8-/m1/s1. The molecule has 1 aliphatic rings. The number of hydrogen-bond donors (Lipinski definition) is 4. The van der Waals surface area contributed by atoms with Crippen molar-refractivity contribution in [3.63, 3.8) is 0 Å². The molecule has 1 unspecified atom stereocenters. The van der Waals surface area contributed by atoms with Crippen molar-refractivity contribution in [3.8, 4) is 0 Å². The third kappa shape index (κ3) is 4.40. The van der Waals surface area contributed by atoms with Crippen molar-refractivity contribution in [3.05, 3.63) is 0 Å². The number of carbonyl (C=O) groups excluding carboxylic acids is 2. The molecule has 8 heteroatoms. The van der Waals surface area contributed by atoms with Crippen LogP contribution in [0.15, 0.2) is 0 Å². The number of aliphatic carboxylic acids is 1. The average molecular weight is 273 g/mol. The monoisotopic (exact) mass is 273 g/mol. The molecule has 19 heavy (non-hydrogen) atoms. The van der Waals surface area contributed by atoms with E-state index in [0.717, 1.165) is 0 Å². The Morgan fingerprint density at radius 2 is 2.11 bits per heavy atom. The molecule has 3 amide bonds.